The van der Waals surface area contributed by atoms with Gasteiger partial charge in [-0.2, -0.15) is 0 Å². The zero-order chi connectivity index (χ0) is 26.8. The summed E-state index contributed by atoms with van der Waals surface area (Å²) >= 11 is 0. The van der Waals surface area contributed by atoms with Gasteiger partial charge in [-0.15, -0.1) is 6.58 Å². The van der Waals surface area contributed by atoms with Crippen molar-refractivity contribution < 1.29 is 29.0 Å². The fourth-order valence-electron chi connectivity index (χ4n) is 3.93. The molecule has 1 aliphatic heterocycles. The van der Waals surface area contributed by atoms with Crippen LogP contribution in [0.4, 0.5) is 4.79 Å². The standard InChI is InChI=1S/C25H45N3O6Si/c1-8-9-10-11-12-13-19(27-24(33)34-25(2,3)4)22(30)28-17-18(16-20(28)23(31)32)26-21(29)14-15-35(5,6)7/h8,18-20H,1,9-17H2,2-7H3,(H,26,29)(H,27,33)(H,31,32)/t18-,19+,20+/m1/s1. The lowest BCUT2D eigenvalue weighted by molar-refractivity contribution is -0.149. The van der Waals surface area contributed by atoms with Crippen LogP contribution >= 0.6 is 0 Å². The van der Waals surface area contributed by atoms with E-state index in [1.807, 2.05) is 6.08 Å². The third-order valence-electron chi connectivity index (χ3n) is 5.73. The second kappa shape index (κ2) is 13.7. The maximum Gasteiger partial charge on any atom is 0.408 e. The highest BCUT2D eigenvalue weighted by atomic mass is 28.3. The number of allylic oxidation sites excluding steroid dienone is 1. The minimum absolute atomic E-state index is 0.0947. The number of ether oxygens (including phenoxy) is 1. The topological polar surface area (TPSA) is 125 Å². The lowest BCUT2D eigenvalue weighted by atomic mass is 10.1. The van der Waals surface area contributed by atoms with Gasteiger partial charge in [0.25, 0.3) is 0 Å². The van der Waals surface area contributed by atoms with Crippen LogP contribution in [-0.4, -0.2) is 72.2 Å². The molecule has 0 aliphatic carbocycles. The number of amides is 3. The first-order valence-corrected chi connectivity index (χ1v) is 16.3. The molecule has 3 amide bonds. The molecule has 0 aromatic heterocycles. The SMILES string of the molecule is C=CCCCCC[C@H](NC(=O)OC(C)(C)C)C(=O)N1C[C@H](NC(=O)CC[Si](C)(C)C)C[C@H]1C(=O)O. The fourth-order valence-corrected chi connectivity index (χ4v) is 4.90. The van der Waals surface area contributed by atoms with Crippen molar-refractivity contribution >= 4 is 32.0 Å². The monoisotopic (exact) mass is 511 g/mol. The molecule has 3 atom stereocenters. The number of hydrogen-bond acceptors (Lipinski definition) is 5. The largest absolute Gasteiger partial charge is 0.480 e. The van der Waals surface area contributed by atoms with Crippen LogP contribution in [0.1, 0.15) is 65.7 Å². The lowest BCUT2D eigenvalue weighted by Gasteiger charge is -2.28. The quantitative estimate of drug-likeness (QED) is 0.196. The van der Waals surface area contributed by atoms with Crippen LogP contribution in [0, 0.1) is 0 Å². The Kier molecular flexibility index (Phi) is 12.0. The molecule has 0 unspecified atom stereocenters. The molecule has 0 radical (unpaired) electrons. The highest BCUT2D eigenvalue weighted by Gasteiger charge is 2.42. The van der Waals surface area contributed by atoms with E-state index in [1.165, 1.54) is 4.90 Å². The van der Waals surface area contributed by atoms with E-state index < -0.39 is 49.8 Å². The number of hydrogen-bond donors (Lipinski definition) is 3. The van der Waals surface area contributed by atoms with E-state index in [9.17, 15) is 24.3 Å². The Hall–Kier alpha value is -2.36. The zero-order valence-electron chi connectivity index (χ0n) is 22.3. The van der Waals surface area contributed by atoms with Gasteiger partial charge in [-0.25, -0.2) is 9.59 Å². The molecule has 1 heterocycles. The summed E-state index contributed by atoms with van der Waals surface area (Å²) in [4.78, 5) is 51.5. The summed E-state index contributed by atoms with van der Waals surface area (Å²) in [7, 11) is -1.39. The van der Waals surface area contributed by atoms with E-state index in [0.29, 0.717) is 19.3 Å². The van der Waals surface area contributed by atoms with Crippen molar-refractivity contribution in [2.75, 3.05) is 6.54 Å². The van der Waals surface area contributed by atoms with Crippen molar-refractivity contribution in [3.63, 3.8) is 0 Å². The van der Waals surface area contributed by atoms with E-state index in [0.717, 1.165) is 25.3 Å². The maximum absolute atomic E-state index is 13.4. The number of likely N-dealkylation sites (tertiary alicyclic amines) is 1. The van der Waals surface area contributed by atoms with E-state index in [2.05, 4.69) is 36.9 Å². The molecule has 1 fully saturated rings. The molecule has 0 aromatic rings. The molecule has 3 N–H and O–H groups in total. The number of carboxylic acid groups (broad SMARTS) is 1. The maximum atomic E-state index is 13.4. The molecule has 0 bridgehead atoms. The van der Waals surface area contributed by atoms with Gasteiger partial charge in [-0.1, -0.05) is 38.6 Å². The van der Waals surface area contributed by atoms with Gasteiger partial charge in [-0.3, -0.25) is 9.59 Å². The van der Waals surface area contributed by atoms with E-state index >= 15 is 0 Å². The molecule has 1 rings (SSSR count). The third kappa shape index (κ3) is 12.2. The summed E-state index contributed by atoms with van der Waals surface area (Å²) < 4.78 is 5.32. The van der Waals surface area contributed by atoms with Crippen molar-refractivity contribution in [2.24, 2.45) is 0 Å². The van der Waals surface area contributed by atoms with E-state index in [-0.39, 0.29) is 18.9 Å². The first-order valence-electron chi connectivity index (χ1n) is 12.6. The number of carbonyl (C=O) groups is 4. The minimum Gasteiger partial charge on any atom is -0.480 e. The van der Waals surface area contributed by atoms with Gasteiger partial charge < -0.3 is 25.4 Å². The summed E-state index contributed by atoms with van der Waals surface area (Å²) in [6.07, 6.45) is 5.33. The Balaban J connectivity index is 2.91. The van der Waals surface area contributed by atoms with Crippen molar-refractivity contribution in [3.05, 3.63) is 12.7 Å². The number of carbonyl (C=O) groups excluding carboxylic acids is 3. The molecule has 1 aliphatic rings. The third-order valence-corrected chi connectivity index (χ3v) is 7.48. The highest BCUT2D eigenvalue weighted by Crippen LogP contribution is 2.22. The second-order valence-electron chi connectivity index (χ2n) is 11.5. The predicted molar refractivity (Wildman–Crippen MR) is 139 cm³/mol. The molecule has 0 spiro atoms. The number of rotatable bonds is 13. The molecule has 10 heteroatoms. The van der Waals surface area contributed by atoms with Gasteiger partial charge in [0.1, 0.15) is 17.7 Å². The first kappa shape index (κ1) is 30.7. The van der Waals surface area contributed by atoms with Gasteiger partial charge in [0.05, 0.1) is 0 Å². The number of alkyl carbamates (subject to hydrolysis) is 1. The Morgan fingerprint density at radius 3 is 2.37 bits per heavy atom. The van der Waals surface area contributed by atoms with Crippen LogP contribution in [0.15, 0.2) is 12.7 Å². The average molecular weight is 512 g/mol. The normalized spacial score (nSPS) is 19.1. The van der Waals surface area contributed by atoms with Gasteiger partial charge >= 0.3 is 12.1 Å². The Morgan fingerprint density at radius 2 is 1.83 bits per heavy atom. The minimum atomic E-state index is -1.39. The van der Waals surface area contributed by atoms with Crippen LogP contribution in [0.3, 0.4) is 0 Å². The van der Waals surface area contributed by atoms with E-state index in [1.54, 1.807) is 20.8 Å². The molecule has 0 saturated carbocycles. The van der Waals surface area contributed by atoms with Crippen molar-refractivity contribution in [3.8, 4) is 0 Å². The fraction of sp³-hybridized carbons (Fsp3) is 0.760. The highest BCUT2D eigenvalue weighted by molar-refractivity contribution is 6.76. The average Bonchev–Trinajstić information content (AvgIpc) is 3.13. The van der Waals surface area contributed by atoms with Crippen LogP contribution in [0.25, 0.3) is 0 Å². The van der Waals surface area contributed by atoms with Crippen molar-refractivity contribution in [1.29, 1.82) is 0 Å². The van der Waals surface area contributed by atoms with Crippen molar-refractivity contribution in [2.45, 2.75) is 115 Å². The van der Waals surface area contributed by atoms with Gasteiger partial charge in [-0.05, 0) is 46.1 Å². The second-order valence-corrected chi connectivity index (χ2v) is 17.2. The molecule has 9 nitrogen and oxygen atoms in total. The summed E-state index contributed by atoms with van der Waals surface area (Å²) in [5.74, 6) is -1.72. The number of nitrogens with one attached hydrogen (secondary N) is 2. The Bertz CT molecular complexity index is 759. The molecular formula is C25H45N3O6Si. The van der Waals surface area contributed by atoms with Gasteiger partial charge in [0.2, 0.25) is 11.8 Å². The summed E-state index contributed by atoms with van der Waals surface area (Å²) in [6, 6.07) is -1.57. The van der Waals surface area contributed by atoms with Crippen LogP contribution < -0.4 is 10.6 Å². The Labute approximate surface area is 211 Å². The summed E-state index contributed by atoms with van der Waals surface area (Å²) in [6.45, 7) is 15.6. The smallest absolute Gasteiger partial charge is 0.408 e. The molecule has 35 heavy (non-hydrogen) atoms. The summed E-state index contributed by atoms with van der Waals surface area (Å²) in [5.41, 5.74) is -0.732. The van der Waals surface area contributed by atoms with Gasteiger partial charge in [0.15, 0.2) is 0 Å². The Morgan fingerprint density at radius 1 is 1.17 bits per heavy atom. The van der Waals surface area contributed by atoms with E-state index in [4.69, 9.17) is 4.74 Å². The van der Waals surface area contributed by atoms with Crippen LogP contribution in [0.2, 0.25) is 25.7 Å². The number of carboxylic acids is 1. The number of unbranched alkanes of at least 4 members (excludes halogenated alkanes) is 3. The number of nitrogens with zero attached hydrogens (tertiary/aromatic N) is 1. The van der Waals surface area contributed by atoms with Crippen LogP contribution in [-0.2, 0) is 19.1 Å². The van der Waals surface area contributed by atoms with Crippen molar-refractivity contribution in [1.82, 2.24) is 15.5 Å². The lowest BCUT2D eigenvalue weighted by Crippen LogP contribution is -2.52. The zero-order valence-corrected chi connectivity index (χ0v) is 23.3. The molecule has 0 aromatic carbocycles. The number of aliphatic carboxylic acids is 1. The predicted octanol–water partition coefficient (Wildman–Crippen LogP) is 3.91. The first-order chi connectivity index (χ1) is 16.1. The summed E-state index contributed by atoms with van der Waals surface area (Å²) in [5, 5.41) is 15.3. The van der Waals surface area contributed by atoms with Gasteiger partial charge in [0, 0.05) is 33.5 Å². The molecule has 1 saturated heterocycles. The molecule has 200 valence electrons. The molecular weight excluding hydrogens is 466 g/mol. The van der Waals surface area contributed by atoms with Crippen LogP contribution in [0.5, 0.6) is 0 Å².